The van der Waals surface area contributed by atoms with Crippen LogP contribution in [-0.2, 0) is 11.3 Å². The molecule has 2 amide bonds. The number of amides is 2. The molecule has 0 spiro atoms. The summed E-state index contributed by atoms with van der Waals surface area (Å²) in [6, 6.07) is 14.5. The van der Waals surface area contributed by atoms with E-state index in [0.717, 1.165) is 10.0 Å². The largest absolute Gasteiger partial charge is 0.484 e. The summed E-state index contributed by atoms with van der Waals surface area (Å²) in [5, 5.41) is 2.57. The molecular weight excluding hydrogens is 372 g/mol. The number of ether oxygens (including phenoxy) is 1. The van der Waals surface area contributed by atoms with Crippen molar-refractivity contribution < 1.29 is 14.3 Å². The van der Waals surface area contributed by atoms with Crippen LogP contribution in [0.2, 0.25) is 0 Å². The Labute approximate surface area is 149 Å². The molecule has 0 aliphatic rings. The summed E-state index contributed by atoms with van der Waals surface area (Å²) >= 11 is 3.35. The van der Waals surface area contributed by atoms with E-state index in [1.54, 1.807) is 43.3 Å². The fourth-order valence-corrected chi connectivity index (χ4v) is 2.32. The average molecular weight is 391 g/mol. The average Bonchev–Trinajstić information content (AvgIpc) is 2.60. The lowest BCUT2D eigenvalue weighted by Crippen LogP contribution is -2.31. The minimum Gasteiger partial charge on any atom is -0.484 e. The SMILES string of the molecule is CNC(=O)c1ccc(CN(C)C(=O)COc2ccc(Br)cc2)cc1. The molecule has 0 aromatic heterocycles. The monoisotopic (exact) mass is 390 g/mol. The summed E-state index contributed by atoms with van der Waals surface area (Å²) in [4.78, 5) is 25.2. The van der Waals surface area contributed by atoms with Gasteiger partial charge in [-0.25, -0.2) is 0 Å². The number of hydrogen-bond donors (Lipinski definition) is 1. The normalized spacial score (nSPS) is 10.1. The van der Waals surface area contributed by atoms with E-state index in [1.807, 2.05) is 24.3 Å². The maximum Gasteiger partial charge on any atom is 0.260 e. The molecule has 0 bridgehead atoms. The van der Waals surface area contributed by atoms with Crippen LogP contribution in [0, 0.1) is 0 Å². The van der Waals surface area contributed by atoms with Crippen LogP contribution < -0.4 is 10.1 Å². The second-order valence-electron chi connectivity index (χ2n) is 5.27. The van der Waals surface area contributed by atoms with Crippen molar-refractivity contribution in [1.82, 2.24) is 10.2 Å². The van der Waals surface area contributed by atoms with Crippen molar-refractivity contribution in [3.05, 3.63) is 64.1 Å². The van der Waals surface area contributed by atoms with Crippen molar-refractivity contribution in [1.29, 1.82) is 0 Å². The summed E-state index contributed by atoms with van der Waals surface area (Å²) < 4.78 is 6.44. The van der Waals surface area contributed by atoms with Gasteiger partial charge in [0.1, 0.15) is 5.75 Å². The smallest absolute Gasteiger partial charge is 0.260 e. The van der Waals surface area contributed by atoms with Gasteiger partial charge in [0.15, 0.2) is 6.61 Å². The lowest BCUT2D eigenvalue weighted by Gasteiger charge is -2.17. The predicted molar refractivity (Wildman–Crippen MR) is 95.9 cm³/mol. The van der Waals surface area contributed by atoms with Gasteiger partial charge in [-0.15, -0.1) is 0 Å². The first-order chi connectivity index (χ1) is 11.5. The Hall–Kier alpha value is -2.34. The fourth-order valence-electron chi connectivity index (χ4n) is 2.05. The summed E-state index contributed by atoms with van der Waals surface area (Å²) in [5.74, 6) is 0.400. The van der Waals surface area contributed by atoms with E-state index in [-0.39, 0.29) is 18.4 Å². The van der Waals surface area contributed by atoms with Crippen molar-refractivity contribution in [3.8, 4) is 5.75 Å². The third-order valence-electron chi connectivity index (χ3n) is 3.46. The Morgan fingerprint density at radius 3 is 2.29 bits per heavy atom. The molecule has 0 saturated heterocycles. The molecule has 0 radical (unpaired) electrons. The van der Waals surface area contributed by atoms with E-state index >= 15 is 0 Å². The second kappa shape index (κ2) is 8.49. The highest BCUT2D eigenvalue weighted by atomic mass is 79.9. The molecule has 24 heavy (non-hydrogen) atoms. The number of benzene rings is 2. The van der Waals surface area contributed by atoms with Crippen LogP contribution in [-0.4, -0.2) is 37.4 Å². The third-order valence-corrected chi connectivity index (χ3v) is 3.99. The highest BCUT2D eigenvalue weighted by molar-refractivity contribution is 9.10. The van der Waals surface area contributed by atoms with Gasteiger partial charge in [0.25, 0.3) is 11.8 Å². The molecule has 0 fully saturated rings. The number of hydrogen-bond acceptors (Lipinski definition) is 3. The minimum absolute atomic E-state index is 0.0194. The zero-order chi connectivity index (χ0) is 17.5. The van der Waals surface area contributed by atoms with Crippen molar-refractivity contribution in [3.63, 3.8) is 0 Å². The Bertz CT molecular complexity index is 699. The van der Waals surface area contributed by atoms with E-state index in [2.05, 4.69) is 21.2 Å². The molecule has 2 rings (SSSR count). The third kappa shape index (κ3) is 5.09. The number of carbonyl (C=O) groups is 2. The van der Waals surface area contributed by atoms with Crippen molar-refractivity contribution in [2.75, 3.05) is 20.7 Å². The summed E-state index contributed by atoms with van der Waals surface area (Å²) in [6.07, 6.45) is 0. The molecule has 0 aliphatic carbocycles. The molecule has 0 heterocycles. The number of halogens is 1. The minimum atomic E-state index is -0.131. The molecule has 5 nitrogen and oxygen atoms in total. The molecule has 0 aliphatic heterocycles. The van der Waals surface area contributed by atoms with Gasteiger partial charge in [-0.1, -0.05) is 28.1 Å². The fraction of sp³-hybridized carbons (Fsp3) is 0.222. The zero-order valence-electron chi connectivity index (χ0n) is 13.6. The van der Waals surface area contributed by atoms with Gasteiger partial charge in [-0.05, 0) is 42.0 Å². The van der Waals surface area contributed by atoms with Gasteiger partial charge in [-0.3, -0.25) is 9.59 Å². The first-order valence-corrected chi connectivity index (χ1v) is 8.22. The van der Waals surface area contributed by atoms with Crippen LogP contribution in [0.5, 0.6) is 5.75 Å². The van der Waals surface area contributed by atoms with E-state index < -0.39 is 0 Å². The van der Waals surface area contributed by atoms with Crippen LogP contribution in [0.25, 0.3) is 0 Å². The zero-order valence-corrected chi connectivity index (χ0v) is 15.2. The first kappa shape index (κ1) is 18.0. The van der Waals surface area contributed by atoms with Crippen molar-refractivity contribution >= 4 is 27.7 Å². The van der Waals surface area contributed by atoms with Crippen LogP contribution in [0.1, 0.15) is 15.9 Å². The first-order valence-electron chi connectivity index (χ1n) is 7.43. The van der Waals surface area contributed by atoms with E-state index in [0.29, 0.717) is 17.9 Å². The lowest BCUT2D eigenvalue weighted by atomic mass is 10.1. The maximum atomic E-state index is 12.1. The molecule has 126 valence electrons. The van der Waals surface area contributed by atoms with Gasteiger partial charge in [0, 0.05) is 30.7 Å². The lowest BCUT2D eigenvalue weighted by molar-refractivity contribution is -0.132. The Morgan fingerprint density at radius 1 is 1.08 bits per heavy atom. The predicted octanol–water partition coefficient (Wildman–Crippen LogP) is 2.85. The summed E-state index contributed by atoms with van der Waals surface area (Å²) in [7, 11) is 3.31. The van der Waals surface area contributed by atoms with Gasteiger partial charge in [0.05, 0.1) is 0 Å². The highest BCUT2D eigenvalue weighted by Crippen LogP contribution is 2.16. The van der Waals surface area contributed by atoms with Gasteiger partial charge in [0.2, 0.25) is 0 Å². The Balaban J connectivity index is 1.86. The van der Waals surface area contributed by atoms with E-state index in [9.17, 15) is 9.59 Å². The number of rotatable bonds is 6. The van der Waals surface area contributed by atoms with E-state index in [1.165, 1.54) is 0 Å². The molecule has 2 aromatic carbocycles. The number of carbonyl (C=O) groups excluding carboxylic acids is 2. The molecule has 6 heteroatoms. The Morgan fingerprint density at radius 2 is 1.71 bits per heavy atom. The maximum absolute atomic E-state index is 12.1. The molecule has 2 aromatic rings. The molecular formula is C18H19BrN2O3. The number of nitrogens with one attached hydrogen (secondary N) is 1. The number of nitrogens with zero attached hydrogens (tertiary/aromatic N) is 1. The topological polar surface area (TPSA) is 58.6 Å². The highest BCUT2D eigenvalue weighted by Gasteiger charge is 2.11. The molecule has 0 atom stereocenters. The standard InChI is InChI=1S/C18H19BrN2O3/c1-20-18(23)14-5-3-13(4-6-14)11-21(2)17(22)12-24-16-9-7-15(19)8-10-16/h3-10H,11-12H2,1-2H3,(H,20,23). The van der Waals surface area contributed by atoms with Crippen LogP contribution >= 0.6 is 15.9 Å². The molecule has 0 unspecified atom stereocenters. The van der Waals surface area contributed by atoms with Crippen LogP contribution in [0.3, 0.4) is 0 Å². The van der Waals surface area contributed by atoms with Gasteiger partial charge < -0.3 is 15.0 Å². The molecule has 1 N–H and O–H groups in total. The summed E-state index contributed by atoms with van der Waals surface area (Å²) in [6.45, 7) is 0.436. The summed E-state index contributed by atoms with van der Waals surface area (Å²) in [5.41, 5.74) is 1.54. The van der Waals surface area contributed by atoms with Gasteiger partial charge in [-0.2, -0.15) is 0 Å². The van der Waals surface area contributed by atoms with Crippen LogP contribution in [0.4, 0.5) is 0 Å². The quantitative estimate of drug-likeness (QED) is 0.824. The van der Waals surface area contributed by atoms with Crippen LogP contribution in [0.15, 0.2) is 53.0 Å². The second-order valence-corrected chi connectivity index (χ2v) is 6.18. The van der Waals surface area contributed by atoms with Crippen molar-refractivity contribution in [2.24, 2.45) is 0 Å². The van der Waals surface area contributed by atoms with Crippen molar-refractivity contribution in [2.45, 2.75) is 6.54 Å². The number of likely N-dealkylation sites (N-methyl/N-ethyl adjacent to an activating group) is 1. The Kier molecular flexibility index (Phi) is 6.37. The van der Waals surface area contributed by atoms with Gasteiger partial charge >= 0.3 is 0 Å². The van der Waals surface area contributed by atoms with E-state index in [4.69, 9.17) is 4.74 Å². The molecule has 0 saturated carbocycles.